The van der Waals surface area contributed by atoms with Crippen LogP contribution in [-0.2, 0) is 9.47 Å². The van der Waals surface area contributed by atoms with Crippen molar-refractivity contribution in [3.05, 3.63) is 36.0 Å². The zero-order valence-corrected chi connectivity index (χ0v) is 8.40. The summed E-state index contributed by atoms with van der Waals surface area (Å²) in [5.74, 6) is 0. The summed E-state index contributed by atoms with van der Waals surface area (Å²) < 4.78 is 11.2. The number of H-pyrrole nitrogens is 1. The Morgan fingerprint density at radius 1 is 1.13 bits per heavy atom. The molecule has 1 N–H and O–H groups in total. The summed E-state index contributed by atoms with van der Waals surface area (Å²) in [5.41, 5.74) is 2.23. The first-order valence-electron chi connectivity index (χ1n) is 5.24. The van der Waals surface area contributed by atoms with Gasteiger partial charge >= 0.3 is 0 Å². The zero-order valence-electron chi connectivity index (χ0n) is 8.40. The zero-order chi connectivity index (χ0) is 10.1. The van der Waals surface area contributed by atoms with Crippen LogP contribution in [0.25, 0.3) is 10.9 Å². The molecule has 0 atom stereocenters. The highest BCUT2D eigenvalue weighted by molar-refractivity contribution is 5.83. The Morgan fingerprint density at radius 2 is 1.93 bits per heavy atom. The van der Waals surface area contributed by atoms with Gasteiger partial charge in [-0.2, -0.15) is 0 Å². The molecular formula is C12H13NO2. The van der Waals surface area contributed by atoms with Crippen molar-refractivity contribution >= 4 is 10.9 Å². The topological polar surface area (TPSA) is 34.2 Å². The summed E-state index contributed by atoms with van der Waals surface area (Å²) in [6.45, 7) is 1.56. The number of hydrogen-bond acceptors (Lipinski definition) is 2. The fourth-order valence-electron chi connectivity index (χ4n) is 1.96. The molecule has 1 aliphatic rings. The van der Waals surface area contributed by atoms with Crippen molar-refractivity contribution in [2.45, 2.75) is 12.7 Å². The third kappa shape index (κ3) is 1.54. The van der Waals surface area contributed by atoms with Crippen LogP contribution in [0.5, 0.6) is 0 Å². The Kier molecular flexibility index (Phi) is 2.19. The van der Waals surface area contributed by atoms with E-state index in [2.05, 4.69) is 17.1 Å². The number of nitrogens with one attached hydrogen (secondary N) is 1. The lowest BCUT2D eigenvalue weighted by Crippen LogP contribution is -2.17. The molecule has 1 aromatic heterocycles. The summed E-state index contributed by atoms with van der Waals surface area (Å²) >= 11 is 0. The quantitative estimate of drug-likeness (QED) is 0.773. The van der Waals surface area contributed by atoms with Gasteiger partial charge in [-0.1, -0.05) is 18.2 Å². The van der Waals surface area contributed by atoms with Gasteiger partial charge in [-0.05, 0) is 12.5 Å². The Bertz CT molecular complexity index is 457. The summed E-state index contributed by atoms with van der Waals surface area (Å²) in [5, 5.41) is 1.18. The summed E-state index contributed by atoms with van der Waals surface area (Å²) in [6, 6.07) is 8.19. The molecule has 3 nitrogen and oxygen atoms in total. The molecule has 1 fully saturated rings. The van der Waals surface area contributed by atoms with Crippen molar-refractivity contribution in [3.8, 4) is 0 Å². The summed E-state index contributed by atoms with van der Waals surface area (Å²) in [4.78, 5) is 3.23. The van der Waals surface area contributed by atoms with E-state index < -0.39 is 0 Å². The predicted molar refractivity (Wildman–Crippen MR) is 57.6 cm³/mol. The van der Waals surface area contributed by atoms with E-state index in [0.29, 0.717) is 0 Å². The number of hydrogen-bond donors (Lipinski definition) is 1. The molecule has 0 unspecified atom stereocenters. The molecule has 0 amide bonds. The molecule has 0 radical (unpaired) electrons. The molecule has 1 aromatic carbocycles. The maximum absolute atomic E-state index is 5.59. The van der Waals surface area contributed by atoms with E-state index in [-0.39, 0.29) is 6.29 Å². The Morgan fingerprint density at radius 3 is 2.80 bits per heavy atom. The largest absolute Gasteiger partial charge is 0.361 e. The minimum Gasteiger partial charge on any atom is -0.361 e. The maximum atomic E-state index is 5.59. The lowest BCUT2D eigenvalue weighted by molar-refractivity contribution is -0.182. The van der Waals surface area contributed by atoms with Gasteiger partial charge < -0.3 is 14.5 Å². The van der Waals surface area contributed by atoms with Gasteiger partial charge in [-0.3, -0.25) is 0 Å². The molecule has 0 saturated carbocycles. The van der Waals surface area contributed by atoms with Crippen LogP contribution < -0.4 is 0 Å². The Labute approximate surface area is 88.0 Å². The second kappa shape index (κ2) is 3.68. The lowest BCUT2D eigenvalue weighted by Gasteiger charge is -2.22. The van der Waals surface area contributed by atoms with E-state index in [1.54, 1.807) is 0 Å². The first kappa shape index (κ1) is 8.95. The smallest absolute Gasteiger partial charge is 0.185 e. The van der Waals surface area contributed by atoms with Crippen molar-refractivity contribution in [2.24, 2.45) is 0 Å². The molecule has 15 heavy (non-hydrogen) atoms. The van der Waals surface area contributed by atoms with Crippen LogP contribution in [0.15, 0.2) is 30.5 Å². The summed E-state index contributed by atoms with van der Waals surface area (Å²) in [7, 11) is 0. The minimum absolute atomic E-state index is 0.199. The highest BCUT2D eigenvalue weighted by Gasteiger charge is 2.19. The number of ether oxygens (including phenoxy) is 2. The SMILES string of the molecule is c1ccc2c(C3OCCCO3)c[nH]c2c1. The highest BCUT2D eigenvalue weighted by Crippen LogP contribution is 2.29. The van der Waals surface area contributed by atoms with Crippen molar-refractivity contribution in [1.29, 1.82) is 0 Å². The number of para-hydroxylation sites is 1. The molecule has 2 aromatic rings. The molecular weight excluding hydrogens is 190 g/mol. The van der Waals surface area contributed by atoms with E-state index in [0.717, 1.165) is 30.7 Å². The van der Waals surface area contributed by atoms with E-state index in [4.69, 9.17) is 9.47 Å². The van der Waals surface area contributed by atoms with Gasteiger partial charge in [0.2, 0.25) is 0 Å². The van der Waals surface area contributed by atoms with E-state index in [9.17, 15) is 0 Å². The number of fused-ring (bicyclic) bond motifs is 1. The molecule has 3 heteroatoms. The van der Waals surface area contributed by atoms with Gasteiger partial charge in [0, 0.05) is 22.7 Å². The number of aromatic amines is 1. The fourth-order valence-corrected chi connectivity index (χ4v) is 1.96. The van der Waals surface area contributed by atoms with E-state index in [1.165, 1.54) is 5.39 Å². The van der Waals surface area contributed by atoms with Crippen LogP contribution in [0, 0.1) is 0 Å². The van der Waals surface area contributed by atoms with Crippen molar-refractivity contribution in [3.63, 3.8) is 0 Å². The monoisotopic (exact) mass is 203 g/mol. The first-order chi connectivity index (χ1) is 7.45. The van der Waals surface area contributed by atoms with Crippen molar-refractivity contribution < 1.29 is 9.47 Å². The normalized spacial score (nSPS) is 18.4. The van der Waals surface area contributed by atoms with Gasteiger partial charge in [-0.25, -0.2) is 0 Å². The van der Waals surface area contributed by atoms with Crippen LogP contribution in [0.4, 0.5) is 0 Å². The number of aromatic nitrogens is 1. The first-order valence-corrected chi connectivity index (χ1v) is 5.24. The third-order valence-corrected chi connectivity index (χ3v) is 2.70. The molecule has 0 bridgehead atoms. The fraction of sp³-hybridized carbons (Fsp3) is 0.333. The average Bonchev–Trinajstić information content (AvgIpc) is 2.74. The van der Waals surface area contributed by atoms with Crippen molar-refractivity contribution in [1.82, 2.24) is 4.98 Å². The molecule has 2 heterocycles. The Hall–Kier alpha value is -1.32. The predicted octanol–water partition coefficient (Wildman–Crippen LogP) is 2.60. The number of benzene rings is 1. The second-order valence-electron chi connectivity index (χ2n) is 3.72. The van der Waals surface area contributed by atoms with Crippen LogP contribution >= 0.6 is 0 Å². The minimum atomic E-state index is -0.199. The molecule has 1 saturated heterocycles. The molecule has 3 rings (SSSR count). The molecule has 1 aliphatic heterocycles. The van der Waals surface area contributed by atoms with E-state index >= 15 is 0 Å². The average molecular weight is 203 g/mol. The van der Waals surface area contributed by atoms with Gasteiger partial charge in [0.1, 0.15) is 0 Å². The van der Waals surface area contributed by atoms with Gasteiger partial charge in [0.05, 0.1) is 13.2 Å². The van der Waals surface area contributed by atoms with Crippen LogP contribution in [0.3, 0.4) is 0 Å². The van der Waals surface area contributed by atoms with Crippen LogP contribution in [-0.4, -0.2) is 18.2 Å². The van der Waals surface area contributed by atoms with Gasteiger partial charge in [0.25, 0.3) is 0 Å². The highest BCUT2D eigenvalue weighted by atomic mass is 16.7. The molecule has 78 valence electrons. The van der Waals surface area contributed by atoms with Gasteiger partial charge in [-0.15, -0.1) is 0 Å². The molecule has 0 aliphatic carbocycles. The second-order valence-corrected chi connectivity index (χ2v) is 3.72. The Balaban J connectivity index is 2.02. The third-order valence-electron chi connectivity index (χ3n) is 2.70. The van der Waals surface area contributed by atoms with Gasteiger partial charge in [0.15, 0.2) is 6.29 Å². The lowest BCUT2D eigenvalue weighted by atomic mass is 10.1. The summed E-state index contributed by atoms with van der Waals surface area (Å²) in [6.07, 6.45) is 2.76. The van der Waals surface area contributed by atoms with Crippen LogP contribution in [0.2, 0.25) is 0 Å². The van der Waals surface area contributed by atoms with Crippen molar-refractivity contribution in [2.75, 3.05) is 13.2 Å². The van der Waals surface area contributed by atoms with E-state index in [1.807, 2.05) is 18.3 Å². The number of rotatable bonds is 1. The molecule has 0 spiro atoms. The maximum Gasteiger partial charge on any atom is 0.185 e. The van der Waals surface area contributed by atoms with Crippen LogP contribution in [0.1, 0.15) is 18.3 Å². The standard InChI is InChI=1S/C12H13NO2/c1-2-5-11-9(4-1)10(8-13-11)12-14-6-3-7-15-12/h1-2,4-5,8,12-13H,3,6-7H2.